The highest BCUT2D eigenvalue weighted by atomic mass is 32.2. The zero-order valence-corrected chi connectivity index (χ0v) is 15.7. The molecule has 140 valence electrons. The Kier molecular flexibility index (Phi) is 4.98. The summed E-state index contributed by atoms with van der Waals surface area (Å²) < 4.78 is 15.3. The smallest absolute Gasteiger partial charge is 0.234 e. The fourth-order valence-electron chi connectivity index (χ4n) is 2.58. The zero-order valence-electron chi connectivity index (χ0n) is 14.8. The number of fused-ring (bicyclic) bond motifs is 1. The van der Waals surface area contributed by atoms with Crippen molar-refractivity contribution in [3.8, 4) is 5.69 Å². The van der Waals surface area contributed by atoms with Crippen LogP contribution in [0.25, 0.3) is 16.9 Å². The molecule has 2 aromatic carbocycles. The van der Waals surface area contributed by atoms with Gasteiger partial charge in [0.25, 0.3) is 0 Å². The maximum atomic E-state index is 13.6. The van der Waals surface area contributed by atoms with E-state index in [0.29, 0.717) is 16.2 Å². The number of rotatable bonds is 5. The highest BCUT2D eigenvalue weighted by Gasteiger charge is 2.15. The van der Waals surface area contributed by atoms with Gasteiger partial charge in [-0.05, 0) is 31.2 Å². The van der Waals surface area contributed by atoms with Crippen LogP contribution in [0, 0.1) is 12.7 Å². The van der Waals surface area contributed by atoms with E-state index in [1.807, 2.05) is 31.2 Å². The molecule has 0 aliphatic carbocycles. The number of anilines is 1. The molecule has 2 aromatic heterocycles. The van der Waals surface area contributed by atoms with Crippen LogP contribution in [0.1, 0.15) is 5.56 Å². The predicted molar refractivity (Wildman–Crippen MR) is 105 cm³/mol. The van der Waals surface area contributed by atoms with Gasteiger partial charge in [0, 0.05) is 0 Å². The molecule has 2 heterocycles. The highest BCUT2D eigenvalue weighted by molar-refractivity contribution is 8.00. The second-order valence-corrected chi connectivity index (χ2v) is 6.97. The first kappa shape index (κ1) is 18.1. The number of amides is 1. The number of halogens is 1. The molecule has 0 radical (unpaired) electrons. The molecule has 0 fully saturated rings. The van der Waals surface area contributed by atoms with Crippen molar-refractivity contribution in [2.45, 2.75) is 11.9 Å². The third-order valence-electron chi connectivity index (χ3n) is 3.97. The summed E-state index contributed by atoms with van der Waals surface area (Å²) in [5.41, 5.74) is 3.17. The van der Waals surface area contributed by atoms with Crippen LogP contribution in [-0.2, 0) is 4.79 Å². The van der Waals surface area contributed by atoms with Crippen LogP contribution in [-0.4, -0.2) is 36.6 Å². The Bertz CT molecular complexity index is 1140. The summed E-state index contributed by atoms with van der Waals surface area (Å²) in [5, 5.41) is 11.4. The number of para-hydroxylation sites is 1. The molecule has 4 aromatic rings. The van der Waals surface area contributed by atoms with Crippen LogP contribution in [0.5, 0.6) is 0 Å². The molecule has 4 rings (SSSR count). The van der Waals surface area contributed by atoms with Crippen molar-refractivity contribution in [3.05, 3.63) is 66.2 Å². The largest absolute Gasteiger partial charge is 0.323 e. The summed E-state index contributed by atoms with van der Waals surface area (Å²) in [6.45, 7) is 2.01. The van der Waals surface area contributed by atoms with E-state index in [1.54, 1.807) is 16.8 Å². The van der Waals surface area contributed by atoms with Gasteiger partial charge in [0.05, 0.1) is 17.1 Å². The molecule has 1 N–H and O–H groups in total. The number of nitrogens with zero attached hydrogens (tertiary/aromatic N) is 5. The molecule has 0 aliphatic heterocycles. The Morgan fingerprint density at radius 3 is 2.71 bits per heavy atom. The molecule has 9 heteroatoms. The first-order valence-electron chi connectivity index (χ1n) is 8.42. The minimum Gasteiger partial charge on any atom is -0.323 e. The van der Waals surface area contributed by atoms with Crippen LogP contribution >= 0.6 is 11.8 Å². The number of hydrogen-bond acceptors (Lipinski definition) is 6. The summed E-state index contributed by atoms with van der Waals surface area (Å²) in [6, 6.07) is 13.8. The van der Waals surface area contributed by atoms with Gasteiger partial charge in [-0.15, -0.1) is 5.10 Å². The van der Waals surface area contributed by atoms with Crippen LogP contribution in [0.15, 0.2) is 59.9 Å². The van der Waals surface area contributed by atoms with Gasteiger partial charge >= 0.3 is 0 Å². The maximum Gasteiger partial charge on any atom is 0.234 e. The fourth-order valence-corrected chi connectivity index (χ4v) is 3.31. The van der Waals surface area contributed by atoms with Gasteiger partial charge in [0.15, 0.2) is 11.2 Å². The van der Waals surface area contributed by atoms with Crippen molar-refractivity contribution in [2.24, 2.45) is 0 Å². The van der Waals surface area contributed by atoms with E-state index < -0.39 is 5.82 Å². The van der Waals surface area contributed by atoms with Gasteiger partial charge in [-0.2, -0.15) is 4.68 Å². The number of aryl methyl sites for hydroxylation is 1. The van der Waals surface area contributed by atoms with Crippen molar-refractivity contribution >= 4 is 34.5 Å². The van der Waals surface area contributed by atoms with Crippen molar-refractivity contribution in [1.29, 1.82) is 0 Å². The van der Waals surface area contributed by atoms with Gasteiger partial charge in [-0.1, -0.05) is 46.8 Å². The van der Waals surface area contributed by atoms with Crippen LogP contribution in [0.3, 0.4) is 0 Å². The molecular formula is C19H15FN6OS. The van der Waals surface area contributed by atoms with Gasteiger partial charge in [-0.25, -0.2) is 14.4 Å². The Labute approximate surface area is 164 Å². The van der Waals surface area contributed by atoms with E-state index in [2.05, 4.69) is 25.6 Å². The standard InChI is InChI=1S/C19H15FN6OS/c1-12-6-8-13(9-7-12)26-18-17(24-25-26)19(22-11-21-18)28-10-16(27)23-15-5-3-2-4-14(15)20/h2-9,11H,10H2,1H3,(H,23,27). The lowest BCUT2D eigenvalue weighted by Crippen LogP contribution is -2.15. The summed E-state index contributed by atoms with van der Waals surface area (Å²) in [7, 11) is 0. The average molecular weight is 394 g/mol. The van der Waals surface area contributed by atoms with Crippen LogP contribution in [0.2, 0.25) is 0 Å². The number of benzene rings is 2. The molecule has 0 bridgehead atoms. The van der Waals surface area contributed by atoms with Gasteiger partial charge < -0.3 is 5.32 Å². The molecule has 0 spiro atoms. The molecule has 1 amide bonds. The summed E-state index contributed by atoms with van der Waals surface area (Å²) in [5.74, 6) is -0.767. The van der Waals surface area contributed by atoms with Crippen molar-refractivity contribution < 1.29 is 9.18 Å². The molecule has 7 nitrogen and oxygen atoms in total. The van der Waals surface area contributed by atoms with E-state index in [4.69, 9.17) is 0 Å². The molecule has 0 saturated carbocycles. The predicted octanol–water partition coefficient (Wildman–Crippen LogP) is 3.39. The van der Waals surface area contributed by atoms with Gasteiger partial charge in [-0.3, -0.25) is 4.79 Å². The van der Waals surface area contributed by atoms with Gasteiger partial charge in [0.1, 0.15) is 17.2 Å². The molecule has 0 atom stereocenters. The maximum absolute atomic E-state index is 13.6. The van der Waals surface area contributed by atoms with Crippen molar-refractivity contribution in [2.75, 3.05) is 11.1 Å². The minimum absolute atomic E-state index is 0.0534. The average Bonchev–Trinajstić information content (AvgIpc) is 3.13. The third-order valence-corrected chi connectivity index (χ3v) is 4.95. The number of carbonyl (C=O) groups excluding carboxylic acids is 1. The normalized spacial score (nSPS) is 10.9. The first-order valence-corrected chi connectivity index (χ1v) is 9.41. The minimum atomic E-state index is -0.480. The first-order chi connectivity index (χ1) is 13.6. The van der Waals surface area contributed by atoms with E-state index >= 15 is 0 Å². The molecule has 28 heavy (non-hydrogen) atoms. The Hall–Kier alpha value is -3.33. The van der Waals surface area contributed by atoms with Gasteiger partial charge in [0.2, 0.25) is 5.91 Å². The lowest BCUT2D eigenvalue weighted by Gasteiger charge is -2.06. The third kappa shape index (κ3) is 3.70. The second kappa shape index (κ2) is 7.73. The lowest BCUT2D eigenvalue weighted by atomic mass is 10.2. The van der Waals surface area contributed by atoms with E-state index in [0.717, 1.165) is 11.3 Å². The lowest BCUT2D eigenvalue weighted by molar-refractivity contribution is -0.113. The van der Waals surface area contributed by atoms with Crippen LogP contribution < -0.4 is 5.32 Å². The number of nitrogens with one attached hydrogen (secondary N) is 1. The van der Waals surface area contributed by atoms with E-state index in [-0.39, 0.29) is 17.3 Å². The SMILES string of the molecule is Cc1ccc(-n2nnc3c(SCC(=O)Nc4ccccc4F)ncnc32)cc1. The molecule has 0 aliphatic rings. The van der Waals surface area contributed by atoms with Crippen LogP contribution in [0.4, 0.5) is 10.1 Å². The van der Waals surface area contributed by atoms with Crippen molar-refractivity contribution in [1.82, 2.24) is 25.0 Å². The molecule has 0 saturated heterocycles. The molecular weight excluding hydrogens is 379 g/mol. The Morgan fingerprint density at radius 2 is 1.93 bits per heavy atom. The molecule has 0 unspecified atom stereocenters. The number of carbonyl (C=O) groups is 1. The topological polar surface area (TPSA) is 85.6 Å². The quantitative estimate of drug-likeness (QED) is 0.413. The van der Waals surface area contributed by atoms with E-state index in [1.165, 1.54) is 30.2 Å². The summed E-state index contributed by atoms with van der Waals surface area (Å²) >= 11 is 1.19. The Balaban J connectivity index is 1.52. The number of thioether (sulfide) groups is 1. The monoisotopic (exact) mass is 394 g/mol. The highest BCUT2D eigenvalue weighted by Crippen LogP contribution is 2.24. The van der Waals surface area contributed by atoms with Crippen molar-refractivity contribution in [3.63, 3.8) is 0 Å². The van der Waals surface area contributed by atoms with E-state index in [9.17, 15) is 9.18 Å². The second-order valence-electron chi connectivity index (χ2n) is 6.00. The Morgan fingerprint density at radius 1 is 1.14 bits per heavy atom. The summed E-state index contributed by atoms with van der Waals surface area (Å²) in [6.07, 6.45) is 1.41. The summed E-state index contributed by atoms with van der Waals surface area (Å²) in [4.78, 5) is 20.6. The zero-order chi connectivity index (χ0) is 19.5. The number of aromatic nitrogens is 5. The number of hydrogen-bond donors (Lipinski definition) is 1. The fraction of sp³-hybridized carbons (Fsp3) is 0.105.